The monoisotopic (exact) mass is 428 g/mol. The van der Waals surface area contributed by atoms with Crippen LogP contribution in [0, 0.1) is 0 Å². The Kier molecular flexibility index (Phi) is 7.43. The van der Waals surface area contributed by atoms with Crippen LogP contribution in [0.15, 0.2) is 66.0 Å². The molecule has 1 atom stereocenters. The van der Waals surface area contributed by atoms with Gasteiger partial charge in [0.25, 0.3) is 0 Å². The van der Waals surface area contributed by atoms with Crippen molar-refractivity contribution in [3.8, 4) is 21.9 Å². The average molecular weight is 429 g/mol. The summed E-state index contributed by atoms with van der Waals surface area (Å²) in [5.74, 6) is 1.33. The van der Waals surface area contributed by atoms with Gasteiger partial charge in [0.05, 0.1) is 5.69 Å². The number of rotatable bonds is 9. The molecule has 7 heteroatoms. The summed E-state index contributed by atoms with van der Waals surface area (Å²) in [7, 11) is 0. The second-order valence-electron chi connectivity index (χ2n) is 6.46. The van der Waals surface area contributed by atoms with E-state index in [4.69, 9.17) is 15.2 Å². The maximum absolute atomic E-state index is 11.3. The first-order valence-corrected chi connectivity index (χ1v) is 10.7. The fraction of sp³-hybridized carbons (Fsp3) is 0.227. The third-order valence-corrected chi connectivity index (χ3v) is 5.61. The van der Waals surface area contributed by atoms with Gasteiger partial charge in [0, 0.05) is 17.4 Å². The Morgan fingerprint density at radius 1 is 1.10 bits per heavy atom. The van der Waals surface area contributed by atoms with E-state index in [1.165, 1.54) is 4.88 Å². The van der Waals surface area contributed by atoms with Crippen molar-refractivity contribution in [2.45, 2.75) is 32.5 Å². The standard InChI is InChI=1S/C22H24N2O3S2/c1-2-3-9-21(27-19-7-4-6-17(15-19)24(28)22(23)25)26-18-12-10-16(11-13-18)20-8-5-14-29-20/h4-8,10-15,21,28H,2-3,9H2,1H3,(H2,23,25). The molecule has 2 N–H and O–H groups in total. The normalized spacial score (nSPS) is 11.7. The molecule has 5 nitrogen and oxygen atoms in total. The summed E-state index contributed by atoms with van der Waals surface area (Å²) in [6.07, 6.45) is 2.30. The Morgan fingerprint density at radius 2 is 1.86 bits per heavy atom. The Morgan fingerprint density at radius 3 is 2.52 bits per heavy atom. The number of thiophene rings is 1. The van der Waals surface area contributed by atoms with E-state index in [2.05, 4.69) is 31.2 Å². The minimum atomic E-state index is -0.657. The Hall–Kier alpha value is -2.64. The quantitative estimate of drug-likeness (QED) is 0.319. The van der Waals surface area contributed by atoms with E-state index >= 15 is 0 Å². The van der Waals surface area contributed by atoms with Gasteiger partial charge in [0.15, 0.2) is 0 Å². The summed E-state index contributed by atoms with van der Waals surface area (Å²) in [6, 6.07) is 18.5. The van der Waals surface area contributed by atoms with Crippen molar-refractivity contribution in [3.63, 3.8) is 0 Å². The molecule has 1 unspecified atom stereocenters. The van der Waals surface area contributed by atoms with Crippen LogP contribution in [0.1, 0.15) is 26.2 Å². The number of benzene rings is 2. The highest BCUT2D eigenvalue weighted by Crippen LogP contribution is 2.28. The number of anilines is 1. The number of nitrogens with zero attached hydrogens (tertiary/aromatic N) is 1. The molecule has 1 heterocycles. The van der Waals surface area contributed by atoms with Gasteiger partial charge < -0.3 is 15.2 Å². The molecule has 2 aromatic carbocycles. The number of hydrogen-bond acceptors (Lipinski definition) is 5. The van der Waals surface area contributed by atoms with Crippen molar-refractivity contribution in [2.75, 3.05) is 4.31 Å². The largest absolute Gasteiger partial charge is 0.455 e. The van der Waals surface area contributed by atoms with Gasteiger partial charge in [-0.15, -0.1) is 11.3 Å². The van der Waals surface area contributed by atoms with Gasteiger partial charge in [-0.05, 0) is 59.8 Å². The number of urea groups is 1. The molecule has 0 fully saturated rings. The van der Waals surface area contributed by atoms with Gasteiger partial charge in [0.1, 0.15) is 11.5 Å². The first-order valence-electron chi connectivity index (χ1n) is 9.42. The van der Waals surface area contributed by atoms with Gasteiger partial charge in [-0.25, -0.2) is 9.10 Å². The molecule has 0 radical (unpaired) electrons. The molecule has 0 aliphatic carbocycles. The highest BCUT2D eigenvalue weighted by molar-refractivity contribution is 7.82. The topological polar surface area (TPSA) is 64.8 Å². The Bertz CT molecular complexity index is 914. The Labute approximate surface area is 180 Å². The molecule has 3 rings (SSSR count). The molecular weight excluding hydrogens is 404 g/mol. The number of hydrogen-bond donors (Lipinski definition) is 2. The molecule has 3 aromatic rings. The number of carbonyl (C=O) groups excluding carboxylic acids is 1. The van der Waals surface area contributed by atoms with E-state index in [-0.39, 0.29) is 0 Å². The predicted octanol–water partition coefficient (Wildman–Crippen LogP) is 6.12. The minimum Gasteiger partial charge on any atom is -0.455 e. The summed E-state index contributed by atoms with van der Waals surface area (Å²) in [5.41, 5.74) is 6.97. The summed E-state index contributed by atoms with van der Waals surface area (Å²) in [5, 5.41) is 2.06. The molecule has 1 aromatic heterocycles. The first-order chi connectivity index (χ1) is 14.1. The molecule has 2 amide bonds. The van der Waals surface area contributed by atoms with Crippen molar-refractivity contribution >= 4 is 35.9 Å². The SMILES string of the molecule is CCCCC(Oc1ccc(-c2cccs2)cc1)Oc1cccc(N(S)C(N)=O)c1. The maximum Gasteiger partial charge on any atom is 0.329 e. The third-order valence-electron chi connectivity index (χ3n) is 4.26. The maximum atomic E-state index is 11.3. The molecule has 0 bridgehead atoms. The lowest BCUT2D eigenvalue weighted by molar-refractivity contribution is -0.00206. The molecular formula is C22H24N2O3S2. The van der Waals surface area contributed by atoms with E-state index in [1.54, 1.807) is 29.5 Å². The van der Waals surface area contributed by atoms with Crippen LogP contribution in [0.3, 0.4) is 0 Å². The van der Waals surface area contributed by atoms with Crippen LogP contribution in [0.25, 0.3) is 10.4 Å². The van der Waals surface area contributed by atoms with E-state index in [0.29, 0.717) is 11.4 Å². The van der Waals surface area contributed by atoms with Crippen LogP contribution in [-0.2, 0) is 0 Å². The molecule has 0 saturated carbocycles. The van der Waals surface area contributed by atoms with E-state index in [9.17, 15) is 4.79 Å². The fourth-order valence-corrected chi connectivity index (χ4v) is 3.63. The van der Waals surface area contributed by atoms with Gasteiger partial charge in [-0.2, -0.15) is 0 Å². The van der Waals surface area contributed by atoms with Crippen molar-refractivity contribution in [1.29, 1.82) is 0 Å². The predicted molar refractivity (Wildman–Crippen MR) is 122 cm³/mol. The lowest BCUT2D eigenvalue weighted by Crippen LogP contribution is -2.27. The lowest BCUT2D eigenvalue weighted by atomic mass is 10.2. The second-order valence-corrected chi connectivity index (χ2v) is 7.80. The van der Waals surface area contributed by atoms with Gasteiger partial charge in [-0.1, -0.05) is 38.3 Å². The van der Waals surface area contributed by atoms with Gasteiger partial charge >= 0.3 is 6.03 Å². The number of amides is 2. The number of unbranched alkanes of at least 4 members (excludes halogenated alkanes) is 1. The van der Waals surface area contributed by atoms with Crippen molar-refractivity contribution in [1.82, 2.24) is 0 Å². The summed E-state index contributed by atoms with van der Waals surface area (Å²) in [4.78, 5) is 12.6. The van der Waals surface area contributed by atoms with Gasteiger partial charge in [0.2, 0.25) is 6.29 Å². The smallest absolute Gasteiger partial charge is 0.329 e. The highest BCUT2D eigenvalue weighted by atomic mass is 32.1. The van der Waals surface area contributed by atoms with Gasteiger partial charge in [-0.3, -0.25) is 0 Å². The second kappa shape index (κ2) is 10.2. The van der Waals surface area contributed by atoms with Crippen LogP contribution >= 0.6 is 24.2 Å². The first kappa shape index (κ1) is 21.1. The molecule has 0 aliphatic rings. The molecule has 29 heavy (non-hydrogen) atoms. The number of ether oxygens (including phenoxy) is 2. The zero-order valence-corrected chi connectivity index (χ0v) is 17.9. The fourth-order valence-electron chi connectivity index (χ4n) is 2.77. The summed E-state index contributed by atoms with van der Waals surface area (Å²) < 4.78 is 13.2. The molecule has 0 saturated heterocycles. The minimum absolute atomic E-state index is 0.445. The molecule has 0 spiro atoms. The van der Waals surface area contributed by atoms with Crippen LogP contribution < -0.4 is 19.5 Å². The van der Waals surface area contributed by atoms with Crippen LogP contribution in [0.2, 0.25) is 0 Å². The number of nitrogens with two attached hydrogens (primary N) is 1. The number of primary amides is 1. The van der Waals surface area contributed by atoms with Crippen molar-refractivity contribution in [3.05, 3.63) is 66.0 Å². The van der Waals surface area contributed by atoms with E-state index in [0.717, 1.165) is 34.9 Å². The van der Waals surface area contributed by atoms with E-state index < -0.39 is 12.3 Å². The average Bonchev–Trinajstić information content (AvgIpc) is 3.27. The third kappa shape index (κ3) is 5.92. The van der Waals surface area contributed by atoms with Crippen molar-refractivity contribution in [2.24, 2.45) is 5.73 Å². The number of thiol groups is 1. The summed E-state index contributed by atoms with van der Waals surface area (Å²) in [6.45, 7) is 2.12. The zero-order valence-electron chi connectivity index (χ0n) is 16.2. The lowest BCUT2D eigenvalue weighted by Gasteiger charge is -2.21. The number of carbonyl (C=O) groups is 1. The summed E-state index contributed by atoms with van der Waals surface area (Å²) >= 11 is 5.80. The van der Waals surface area contributed by atoms with Crippen LogP contribution in [0.5, 0.6) is 11.5 Å². The van der Waals surface area contributed by atoms with E-state index in [1.807, 2.05) is 36.4 Å². The highest BCUT2D eigenvalue weighted by Gasteiger charge is 2.14. The zero-order chi connectivity index (χ0) is 20.6. The van der Waals surface area contributed by atoms with Crippen molar-refractivity contribution < 1.29 is 14.3 Å². The van der Waals surface area contributed by atoms with Crippen LogP contribution in [0.4, 0.5) is 10.5 Å². The molecule has 152 valence electrons. The van der Waals surface area contributed by atoms with Crippen LogP contribution in [-0.4, -0.2) is 12.3 Å². The Balaban J connectivity index is 1.71. The molecule has 0 aliphatic heterocycles.